The van der Waals surface area contributed by atoms with Crippen molar-refractivity contribution in [1.82, 2.24) is 0 Å². The van der Waals surface area contributed by atoms with E-state index in [1.54, 1.807) is 6.08 Å². The average molecular weight is 217 g/mol. The molecule has 0 atom stereocenters. The Hall–Kier alpha value is -2.10. The highest BCUT2D eigenvalue weighted by Gasteiger charge is 2.23. The minimum atomic E-state index is -0.419. The van der Waals surface area contributed by atoms with Crippen LogP contribution in [0.25, 0.3) is 0 Å². The lowest BCUT2D eigenvalue weighted by molar-refractivity contribution is -0.421. The Balaban J connectivity index is 2.59. The van der Waals surface area contributed by atoms with E-state index in [4.69, 9.17) is 4.74 Å². The summed E-state index contributed by atoms with van der Waals surface area (Å²) in [5, 5.41) is 10.9. The van der Waals surface area contributed by atoms with Crippen molar-refractivity contribution < 1.29 is 9.66 Å². The molecule has 0 saturated heterocycles. The second kappa shape index (κ2) is 4.18. The summed E-state index contributed by atoms with van der Waals surface area (Å²) in [4.78, 5) is 10.5. The van der Waals surface area contributed by atoms with E-state index in [1.165, 1.54) is 13.2 Å². The third-order valence-corrected chi connectivity index (χ3v) is 2.49. The van der Waals surface area contributed by atoms with Gasteiger partial charge in [0.1, 0.15) is 0 Å². The predicted molar refractivity (Wildman–Crippen MR) is 60.1 cm³/mol. The highest BCUT2D eigenvalue weighted by Crippen LogP contribution is 2.29. The van der Waals surface area contributed by atoms with Crippen LogP contribution in [0.15, 0.2) is 59.1 Å². The lowest BCUT2D eigenvalue weighted by atomic mass is 10.1. The van der Waals surface area contributed by atoms with Crippen molar-refractivity contribution in [1.29, 1.82) is 0 Å². The summed E-state index contributed by atoms with van der Waals surface area (Å²) in [6, 6.07) is 0. The number of fused-ring (bicyclic) bond motifs is 2. The zero-order valence-corrected chi connectivity index (χ0v) is 8.84. The van der Waals surface area contributed by atoms with E-state index < -0.39 is 4.92 Å². The van der Waals surface area contributed by atoms with E-state index in [0.29, 0.717) is 12.2 Å². The first kappa shape index (κ1) is 10.4. The van der Waals surface area contributed by atoms with Crippen molar-refractivity contribution in [2.24, 2.45) is 0 Å². The molecule has 0 saturated carbocycles. The fourth-order valence-corrected chi connectivity index (χ4v) is 1.76. The molecule has 2 bridgehead atoms. The highest BCUT2D eigenvalue weighted by molar-refractivity contribution is 5.47. The van der Waals surface area contributed by atoms with Gasteiger partial charge < -0.3 is 4.74 Å². The van der Waals surface area contributed by atoms with Gasteiger partial charge in [-0.3, -0.25) is 10.1 Å². The summed E-state index contributed by atoms with van der Waals surface area (Å²) < 4.78 is 5.14. The maximum atomic E-state index is 10.9. The molecule has 0 amide bonds. The molecule has 2 aliphatic rings. The number of nitrogens with zero attached hydrogens (tertiary/aromatic N) is 1. The van der Waals surface area contributed by atoms with Crippen LogP contribution in [0.2, 0.25) is 0 Å². The molecule has 0 aromatic rings. The van der Waals surface area contributed by atoms with Gasteiger partial charge in [0.25, 0.3) is 0 Å². The van der Waals surface area contributed by atoms with Gasteiger partial charge in [0.2, 0.25) is 0 Å². The average Bonchev–Trinajstić information content (AvgIpc) is 2.58. The van der Waals surface area contributed by atoms with Crippen molar-refractivity contribution in [2.75, 3.05) is 7.11 Å². The van der Waals surface area contributed by atoms with Gasteiger partial charge in [-0.1, -0.05) is 30.4 Å². The zero-order chi connectivity index (χ0) is 11.5. The molecule has 0 radical (unpaired) electrons. The molecular formula is C12H11NO3. The van der Waals surface area contributed by atoms with E-state index >= 15 is 0 Å². The number of ether oxygens (including phenoxy) is 1. The summed E-state index contributed by atoms with van der Waals surface area (Å²) in [6.07, 6.45) is 11.5. The fraction of sp³-hybridized carbons (Fsp3) is 0.167. The van der Waals surface area contributed by atoms with Gasteiger partial charge >= 0.3 is 5.70 Å². The van der Waals surface area contributed by atoms with Crippen LogP contribution in [-0.4, -0.2) is 12.0 Å². The minimum absolute atomic E-state index is 0.00690. The lowest BCUT2D eigenvalue weighted by Gasteiger charge is -2.07. The van der Waals surface area contributed by atoms with Gasteiger partial charge in [-0.05, 0) is 5.57 Å². The van der Waals surface area contributed by atoms with Crippen molar-refractivity contribution in [2.45, 2.75) is 6.42 Å². The third kappa shape index (κ3) is 1.82. The molecule has 0 fully saturated rings. The lowest BCUT2D eigenvalue weighted by Crippen LogP contribution is -2.03. The quantitative estimate of drug-likeness (QED) is 0.527. The van der Waals surface area contributed by atoms with Crippen LogP contribution in [0.5, 0.6) is 0 Å². The fourth-order valence-electron chi connectivity index (χ4n) is 1.76. The van der Waals surface area contributed by atoms with Crippen LogP contribution in [0.1, 0.15) is 6.42 Å². The third-order valence-electron chi connectivity index (χ3n) is 2.49. The Morgan fingerprint density at radius 3 is 2.75 bits per heavy atom. The molecule has 2 aliphatic carbocycles. The summed E-state index contributed by atoms with van der Waals surface area (Å²) >= 11 is 0. The monoisotopic (exact) mass is 217 g/mol. The highest BCUT2D eigenvalue weighted by atomic mass is 16.6. The number of allylic oxidation sites excluding steroid dienone is 8. The van der Waals surface area contributed by atoms with Crippen LogP contribution < -0.4 is 0 Å². The van der Waals surface area contributed by atoms with Gasteiger partial charge in [0.05, 0.1) is 12.0 Å². The van der Waals surface area contributed by atoms with E-state index in [2.05, 4.69) is 0 Å². The molecule has 0 spiro atoms. The molecule has 0 unspecified atom stereocenters. The molecule has 0 heterocycles. The molecule has 16 heavy (non-hydrogen) atoms. The van der Waals surface area contributed by atoms with E-state index in [0.717, 1.165) is 11.1 Å². The molecule has 0 aromatic heterocycles. The normalized spacial score (nSPS) is 18.6. The van der Waals surface area contributed by atoms with Crippen molar-refractivity contribution >= 4 is 0 Å². The predicted octanol–water partition coefficient (Wildman–Crippen LogP) is 2.50. The maximum Gasteiger partial charge on any atom is 0.311 e. The van der Waals surface area contributed by atoms with Gasteiger partial charge in [0.15, 0.2) is 5.76 Å². The number of methoxy groups -OCH3 is 1. The summed E-state index contributed by atoms with van der Waals surface area (Å²) in [5.74, 6) is 0.344. The molecule has 0 aromatic carbocycles. The molecule has 4 heteroatoms. The maximum absolute atomic E-state index is 10.9. The van der Waals surface area contributed by atoms with Crippen molar-refractivity contribution in [3.63, 3.8) is 0 Å². The molecule has 0 aliphatic heterocycles. The SMILES string of the molecule is COC1=C([N+](=O)[O-])C=CC2=CC=CC=C1C2. The Morgan fingerprint density at radius 2 is 2.06 bits per heavy atom. The summed E-state index contributed by atoms with van der Waals surface area (Å²) in [6.45, 7) is 0. The number of nitro groups is 1. The second-order valence-corrected chi connectivity index (χ2v) is 3.50. The topological polar surface area (TPSA) is 52.4 Å². The summed E-state index contributed by atoms with van der Waals surface area (Å²) in [5.41, 5.74) is 1.87. The number of hydrogen-bond donors (Lipinski definition) is 0. The van der Waals surface area contributed by atoms with Gasteiger partial charge in [-0.2, -0.15) is 0 Å². The molecular weight excluding hydrogens is 206 g/mol. The number of hydrogen-bond acceptors (Lipinski definition) is 3. The van der Waals surface area contributed by atoms with E-state index in [9.17, 15) is 10.1 Å². The van der Waals surface area contributed by atoms with Crippen LogP contribution in [0.4, 0.5) is 0 Å². The minimum Gasteiger partial charge on any atom is -0.490 e. The largest absolute Gasteiger partial charge is 0.490 e. The van der Waals surface area contributed by atoms with Gasteiger partial charge in [0, 0.05) is 18.1 Å². The van der Waals surface area contributed by atoms with Gasteiger partial charge in [-0.15, -0.1) is 0 Å². The molecule has 0 N–H and O–H groups in total. The Kier molecular flexibility index (Phi) is 2.72. The smallest absolute Gasteiger partial charge is 0.311 e. The first-order valence-corrected chi connectivity index (χ1v) is 4.90. The Morgan fingerprint density at radius 1 is 1.31 bits per heavy atom. The van der Waals surface area contributed by atoms with E-state index in [-0.39, 0.29) is 5.70 Å². The van der Waals surface area contributed by atoms with Crippen LogP contribution in [0, 0.1) is 10.1 Å². The molecule has 2 rings (SSSR count). The van der Waals surface area contributed by atoms with Crippen LogP contribution in [-0.2, 0) is 4.74 Å². The standard InChI is InChI=1S/C12H11NO3/c1-16-12-10-5-3-2-4-9(8-10)6-7-11(12)13(14)15/h2-7H,8H2,1H3. The number of rotatable bonds is 2. The van der Waals surface area contributed by atoms with Gasteiger partial charge in [-0.25, -0.2) is 0 Å². The Labute approximate surface area is 93.1 Å². The first-order chi connectivity index (χ1) is 7.72. The van der Waals surface area contributed by atoms with Crippen LogP contribution >= 0.6 is 0 Å². The summed E-state index contributed by atoms with van der Waals surface area (Å²) in [7, 11) is 1.46. The van der Waals surface area contributed by atoms with Crippen LogP contribution in [0.3, 0.4) is 0 Å². The second-order valence-electron chi connectivity index (χ2n) is 3.50. The zero-order valence-electron chi connectivity index (χ0n) is 8.84. The molecule has 82 valence electrons. The van der Waals surface area contributed by atoms with E-state index in [1.807, 2.05) is 24.3 Å². The molecule has 4 nitrogen and oxygen atoms in total. The van der Waals surface area contributed by atoms with Crippen molar-refractivity contribution in [3.05, 3.63) is 69.2 Å². The Bertz CT molecular complexity index is 478. The first-order valence-electron chi connectivity index (χ1n) is 4.90. The van der Waals surface area contributed by atoms with Crippen molar-refractivity contribution in [3.8, 4) is 0 Å².